The summed E-state index contributed by atoms with van der Waals surface area (Å²) >= 11 is 0. The highest BCUT2D eigenvalue weighted by molar-refractivity contribution is 5.95. The van der Waals surface area contributed by atoms with E-state index in [2.05, 4.69) is 22.5 Å². The van der Waals surface area contributed by atoms with E-state index in [9.17, 15) is 4.79 Å². The molecule has 4 heteroatoms. The number of nitrogens with zero attached hydrogens (tertiary/aromatic N) is 1. The summed E-state index contributed by atoms with van der Waals surface area (Å²) in [5, 5.41) is 6.46. The van der Waals surface area contributed by atoms with Crippen molar-refractivity contribution < 1.29 is 4.79 Å². The van der Waals surface area contributed by atoms with Crippen LogP contribution < -0.4 is 10.6 Å². The second-order valence-corrected chi connectivity index (χ2v) is 5.00. The van der Waals surface area contributed by atoms with Gasteiger partial charge in [0.25, 0.3) is 5.91 Å². The molecule has 1 amide bonds. The number of carbonyl (C=O) groups is 1. The Morgan fingerprint density at radius 1 is 1.61 bits per heavy atom. The van der Waals surface area contributed by atoms with Crippen molar-refractivity contribution in [1.29, 1.82) is 0 Å². The topological polar surface area (TPSA) is 54.0 Å². The maximum Gasteiger partial charge on any atom is 0.253 e. The molecule has 2 heterocycles. The minimum absolute atomic E-state index is 0.0151. The van der Waals surface area contributed by atoms with Crippen molar-refractivity contribution in [3.63, 3.8) is 0 Å². The number of aromatic nitrogens is 1. The summed E-state index contributed by atoms with van der Waals surface area (Å²) < 4.78 is 0. The van der Waals surface area contributed by atoms with Gasteiger partial charge in [-0.05, 0) is 57.8 Å². The molecule has 0 aliphatic carbocycles. The van der Waals surface area contributed by atoms with Crippen LogP contribution in [-0.2, 0) is 0 Å². The lowest BCUT2D eigenvalue weighted by molar-refractivity contribution is 0.0921. The van der Waals surface area contributed by atoms with Gasteiger partial charge in [0.15, 0.2) is 0 Å². The van der Waals surface area contributed by atoms with Crippen LogP contribution in [0.25, 0.3) is 0 Å². The van der Waals surface area contributed by atoms with Gasteiger partial charge in [-0.3, -0.25) is 9.78 Å². The van der Waals surface area contributed by atoms with Crippen LogP contribution in [0.5, 0.6) is 0 Å². The molecule has 98 valence electrons. The Morgan fingerprint density at radius 3 is 3.11 bits per heavy atom. The number of amides is 1. The minimum atomic E-state index is -0.0151. The smallest absolute Gasteiger partial charge is 0.253 e. The van der Waals surface area contributed by atoms with E-state index in [0.717, 1.165) is 18.8 Å². The van der Waals surface area contributed by atoms with Crippen LogP contribution in [0, 0.1) is 12.8 Å². The van der Waals surface area contributed by atoms with Gasteiger partial charge in [-0.15, -0.1) is 0 Å². The van der Waals surface area contributed by atoms with Gasteiger partial charge in [-0.1, -0.05) is 0 Å². The van der Waals surface area contributed by atoms with Gasteiger partial charge in [-0.25, -0.2) is 0 Å². The molecular weight excluding hydrogens is 226 g/mol. The second-order valence-electron chi connectivity index (χ2n) is 5.00. The van der Waals surface area contributed by atoms with Gasteiger partial charge in [0.1, 0.15) is 0 Å². The number of pyridine rings is 1. The number of nitrogens with one attached hydrogen (secondary N) is 2. The van der Waals surface area contributed by atoms with E-state index in [4.69, 9.17) is 0 Å². The Bertz CT molecular complexity index is 413. The molecule has 1 aliphatic rings. The molecule has 1 fully saturated rings. The van der Waals surface area contributed by atoms with E-state index in [0.29, 0.717) is 11.5 Å². The Kier molecular flexibility index (Phi) is 4.31. The Morgan fingerprint density at radius 2 is 2.44 bits per heavy atom. The number of aryl methyl sites for hydroxylation is 1. The van der Waals surface area contributed by atoms with Crippen molar-refractivity contribution in [1.82, 2.24) is 15.6 Å². The van der Waals surface area contributed by atoms with Gasteiger partial charge >= 0.3 is 0 Å². The van der Waals surface area contributed by atoms with E-state index in [1.54, 1.807) is 12.3 Å². The van der Waals surface area contributed by atoms with Crippen molar-refractivity contribution in [2.75, 3.05) is 13.1 Å². The van der Waals surface area contributed by atoms with Crippen molar-refractivity contribution in [2.45, 2.75) is 32.7 Å². The average Bonchev–Trinajstić information content (AvgIpc) is 2.40. The highest BCUT2D eigenvalue weighted by Crippen LogP contribution is 2.15. The zero-order valence-corrected chi connectivity index (χ0v) is 11.1. The summed E-state index contributed by atoms with van der Waals surface area (Å²) in [4.78, 5) is 16.3. The quantitative estimate of drug-likeness (QED) is 0.851. The van der Waals surface area contributed by atoms with Crippen molar-refractivity contribution in [3.8, 4) is 0 Å². The average molecular weight is 247 g/mol. The number of rotatable bonds is 3. The van der Waals surface area contributed by atoms with Gasteiger partial charge in [0, 0.05) is 17.9 Å². The van der Waals surface area contributed by atoms with E-state index < -0.39 is 0 Å². The Labute approximate surface area is 108 Å². The van der Waals surface area contributed by atoms with Crippen LogP contribution in [0.2, 0.25) is 0 Å². The summed E-state index contributed by atoms with van der Waals surface area (Å²) in [6.45, 7) is 6.04. The predicted octanol–water partition coefficient (Wildman–Crippen LogP) is 1.51. The number of piperidine rings is 1. The van der Waals surface area contributed by atoms with E-state index in [1.165, 1.54) is 12.8 Å². The molecular formula is C14H21N3O. The third kappa shape index (κ3) is 3.07. The molecule has 1 aliphatic heterocycles. The van der Waals surface area contributed by atoms with Crippen molar-refractivity contribution >= 4 is 5.91 Å². The molecule has 0 spiro atoms. The molecule has 0 aromatic carbocycles. The first kappa shape index (κ1) is 13.0. The van der Waals surface area contributed by atoms with Gasteiger partial charge in [0.2, 0.25) is 0 Å². The molecule has 2 atom stereocenters. The lowest BCUT2D eigenvalue weighted by atomic mass is 9.92. The molecule has 2 rings (SSSR count). The summed E-state index contributed by atoms with van der Waals surface area (Å²) in [5.74, 6) is 0.512. The molecule has 1 saturated heterocycles. The van der Waals surface area contributed by atoms with Gasteiger partial charge in [0.05, 0.1) is 5.56 Å². The zero-order chi connectivity index (χ0) is 13.0. The molecule has 0 radical (unpaired) electrons. The number of hydrogen-bond acceptors (Lipinski definition) is 3. The molecule has 1 aromatic rings. The van der Waals surface area contributed by atoms with Crippen LogP contribution in [-0.4, -0.2) is 30.0 Å². The molecule has 4 nitrogen and oxygen atoms in total. The SMILES string of the molecule is Cc1ncccc1C(=O)NC(C)C1CCCNC1. The third-order valence-corrected chi connectivity index (χ3v) is 3.65. The maximum atomic E-state index is 12.1. The van der Waals surface area contributed by atoms with Gasteiger partial charge < -0.3 is 10.6 Å². The second kappa shape index (κ2) is 5.96. The van der Waals surface area contributed by atoms with Crippen LogP contribution in [0.4, 0.5) is 0 Å². The number of carbonyl (C=O) groups excluding carboxylic acids is 1. The van der Waals surface area contributed by atoms with E-state index >= 15 is 0 Å². The summed E-state index contributed by atoms with van der Waals surface area (Å²) in [5.41, 5.74) is 1.46. The fourth-order valence-corrected chi connectivity index (χ4v) is 2.43. The van der Waals surface area contributed by atoms with E-state index in [1.807, 2.05) is 13.0 Å². The van der Waals surface area contributed by atoms with Crippen LogP contribution in [0.15, 0.2) is 18.3 Å². The van der Waals surface area contributed by atoms with Gasteiger partial charge in [-0.2, -0.15) is 0 Å². The first-order chi connectivity index (χ1) is 8.68. The maximum absolute atomic E-state index is 12.1. The monoisotopic (exact) mass is 247 g/mol. The number of hydrogen-bond donors (Lipinski definition) is 2. The Hall–Kier alpha value is -1.42. The fourth-order valence-electron chi connectivity index (χ4n) is 2.43. The predicted molar refractivity (Wildman–Crippen MR) is 71.5 cm³/mol. The molecule has 18 heavy (non-hydrogen) atoms. The first-order valence-electron chi connectivity index (χ1n) is 6.61. The normalized spacial score (nSPS) is 21.3. The lowest BCUT2D eigenvalue weighted by Gasteiger charge is -2.29. The van der Waals surface area contributed by atoms with Crippen molar-refractivity contribution in [2.24, 2.45) is 5.92 Å². The zero-order valence-electron chi connectivity index (χ0n) is 11.1. The highest BCUT2D eigenvalue weighted by Gasteiger charge is 2.22. The Balaban J connectivity index is 1.96. The molecule has 2 N–H and O–H groups in total. The van der Waals surface area contributed by atoms with Crippen LogP contribution in [0.1, 0.15) is 35.8 Å². The molecule has 0 saturated carbocycles. The van der Waals surface area contributed by atoms with Crippen molar-refractivity contribution in [3.05, 3.63) is 29.6 Å². The highest BCUT2D eigenvalue weighted by atomic mass is 16.1. The van der Waals surface area contributed by atoms with Crippen LogP contribution >= 0.6 is 0 Å². The lowest BCUT2D eigenvalue weighted by Crippen LogP contribution is -2.44. The summed E-state index contributed by atoms with van der Waals surface area (Å²) in [6, 6.07) is 3.82. The third-order valence-electron chi connectivity index (χ3n) is 3.65. The molecule has 1 aromatic heterocycles. The largest absolute Gasteiger partial charge is 0.349 e. The molecule has 2 unspecified atom stereocenters. The standard InChI is InChI=1S/C14H21N3O/c1-10(12-5-3-7-15-9-12)17-14(18)13-6-4-8-16-11(13)2/h4,6,8,10,12,15H,3,5,7,9H2,1-2H3,(H,17,18). The van der Waals surface area contributed by atoms with Crippen LogP contribution in [0.3, 0.4) is 0 Å². The van der Waals surface area contributed by atoms with E-state index in [-0.39, 0.29) is 11.9 Å². The fraction of sp³-hybridized carbons (Fsp3) is 0.571. The first-order valence-corrected chi connectivity index (χ1v) is 6.61. The minimum Gasteiger partial charge on any atom is -0.349 e. The summed E-state index contributed by atoms with van der Waals surface area (Å²) in [7, 11) is 0. The summed E-state index contributed by atoms with van der Waals surface area (Å²) in [6.07, 6.45) is 4.08. The molecule has 0 bridgehead atoms.